The highest BCUT2D eigenvalue weighted by molar-refractivity contribution is 14.0. The van der Waals surface area contributed by atoms with Crippen LogP contribution in [-0.2, 0) is 4.79 Å². The Labute approximate surface area is 197 Å². The van der Waals surface area contributed by atoms with Crippen LogP contribution >= 0.6 is 24.0 Å². The summed E-state index contributed by atoms with van der Waals surface area (Å²) in [5.41, 5.74) is 0.823. The number of amides is 1. The number of guanidine groups is 1. The van der Waals surface area contributed by atoms with Gasteiger partial charge in [-0.2, -0.15) is 0 Å². The van der Waals surface area contributed by atoms with E-state index >= 15 is 0 Å². The van der Waals surface area contributed by atoms with Crippen LogP contribution in [0, 0.1) is 5.41 Å². The van der Waals surface area contributed by atoms with E-state index in [-0.39, 0.29) is 35.3 Å². The maximum absolute atomic E-state index is 12.8. The number of aliphatic imine (C=N–C) groups is 1. The fourth-order valence-electron chi connectivity index (χ4n) is 4.62. The van der Waals surface area contributed by atoms with Gasteiger partial charge in [-0.05, 0) is 31.4 Å². The van der Waals surface area contributed by atoms with Crippen LogP contribution in [0.25, 0.3) is 0 Å². The zero-order chi connectivity index (χ0) is 20.9. The number of hydrogen-bond acceptors (Lipinski definition) is 4. The molecule has 1 heterocycles. The van der Waals surface area contributed by atoms with Crippen molar-refractivity contribution in [3.8, 4) is 5.75 Å². The lowest BCUT2D eigenvalue weighted by Gasteiger charge is -2.31. The predicted octanol–water partition coefficient (Wildman–Crippen LogP) is 2.71. The number of rotatable bonds is 6. The van der Waals surface area contributed by atoms with Crippen molar-refractivity contribution in [1.82, 2.24) is 15.5 Å². The summed E-state index contributed by atoms with van der Waals surface area (Å²) in [6.45, 7) is 2.49. The highest BCUT2D eigenvalue weighted by atomic mass is 127. The van der Waals surface area contributed by atoms with Gasteiger partial charge in [0.1, 0.15) is 5.75 Å². The quantitative estimate of drug-likeness (QED) is 0.337. The standard InChI is InChI=1S/C22H35N5O2.HI/c1-23-21(24-16-22(12-7-8-13-22)20(28)26(2)3)25-17-11-14-27(15-17)18-9-5-6-10-19(18)29-4;/h5-6,9-10,17H,7-8,11-16H2,1-4H3,(H2,23,24,25);1H. The monoisotopic (exact) mass is 529 g/mol. The molecule has 0 bridgehead atoms. The number of hydrogen-bond donors (Lipinski definition) is 2. The summed E-state index contributed by atoms with van der Waals surface area (Å²) in [6, 6.07) is 8.44. The number of methoxy groups -OCH3 is 1. The van der Waals surface area contributed by atoms with Crippen LogP contribution < -0.4 is 20.3 Å². The molecule has 1 unspecified atom stereocenters. The molecule has 1 saturated carbocycles. The lowest BCUT2D eigenvalue weighted by atomic mass is 9.84. The minimum absolute atomic E-state index is 0. The molecule has 1 aromatic rings. The molecule has 0 aromatic heterocycles. The van der Waals surface area contributed by atoms with E-state index < -0.39 is 0 Å². The van der Waals surface area contributed by atoms with Crippen LogP contribution in [0.4, 0.5) is 5.69 Å². The van der Waals surface area contributed by atoms with Gasteiger partial charge < -0.3 is 25.2 Å². The van der Waals surface area contributed by atoms with Gasteiger partial charge >= 0.3 is 0 Å². The van der Waals surface area contributed by atoms with E-state index in [2.05, 4.69) is 26.6 Å². The number of carbonyl (C=O) groups excluding carboxylic acids is 1. The van der Waals surface area contributed by atoms with E-state index in [1.807, 2.05) is 32.3 Å². The maximum Gasteiger partial charge on any atom is 0.230 e. The normalized spacial score (nSPS) is 20.5. The van der Waals surface area contributed by atoms with Gasteiger partial charge in [-0.1, -0.05) is 25.0 Å². The van der Waals surface area contributed by atoms with Crippen molar-refractivity contribution in [2.75, 3.05) is 52.8 Å². The third-order valence-electron chi connectivity index (χ3n) is 6.19. The van der Waals surface area contributed by atoms with Crippen molar-refractivity contribution in [1.29, 1.82) is 0 Å². The lowest BCUT2D eigenvalue weighted by Crippen LogP contribution is -2.51. The summed E-state index contributed by atoms with van der Waals surface area (Å²) in [4.78, 5) is 21.3. The Bertz CT molecular complexity index is 734. The number of halogens is 1. The van der Waals surface area contributed by atoms with Gasteiger partial charge in [0.05, 0.1) is 18.2 Å². The van der Waals surface area contributed by atoms with E-state index in [1.165, 1.54) is 0 Å². The molecule has 0 radical (unpaired) electrons. The van der Waals surface area contributed by atoms with Crippen LogP contribution in [0.5, 0.6) is 5.75 Å². The van der Waals surface area contributed by atoms with Crippen LogP contribution in [0.15, 0.2) is 29.3 Å². The first kappa shape index (κ1) is 24.6. The van der Waals surface area contributed by atoms with Crippen molar-refractivity contribution < 1.29 is 9.53 Å². The molecule has 8 heteroatoms. The Hall–Kier alpha value is -1.71. The molecule has 1 saturated heterocycles. The Morgan fingerprint density at radius 3 is 2.63 bits per heavy atom. The molecule has 2 N–H and O–H groups in total. The topological polar surface area (TPSA) is 69.2 Å². The summed E-state index contributed by atoms with van der Waals surface area (Å²) in [7, 11) is 7.20. The van der Waals surface area contributed by atoms with Gasteiger partial charge in [-0.25, -0.2) is 0 Å². The zero-order valence-corrected chi connectivity index (χ0v) is 20.9. The van der Waals surface area contributed by atoms with Gasteiger partial charge in [0.2, 0.25) is 5.91 Å². The SMILES string of the molecule is CN=C(NCC1(C(=O)N(C)C)CCCC1)NC1CCN(c2ccccc2OC)C1.I. The third-order valence-corrected chi connectivity index (χ3v) is 6.19. The molecule has 1 aliphatic carbocycles. The average Bonchev–Trinajstić information content (AvgIpc) is 3.40. The molecule has 30 heavy (non-hydrogen) atoms. The second kappa shape index (κ2) is 11.1. The zero-order valence-electron chi connectivity index (χ0n) is 18.6. The largest absolute Gasteiger partial charge is 0.495 e. The summed E-state index contributed by atoms with van der Waals surface area (Å²) < 4.78 is 5.51. The number of carbonyl (C=O) groups is 1. The molecule has 2 aliphatic rings. The molecule has 1 amide bonds. The number of benzene rings is 1. The Balaban J connectivity index is 0.00000320. The molecule has 1 aliphatic heterocycles. The lowest BCUT2D eigenvalue weighted by molar-refractivity contribution is -0.138. The van der Waals surface area contributed by atoms with E-state index in [9.17, 15) is 4.79 Å². The summed E-state index contributed by atoms with van der Waals surface area (Å²) in [5, 5.41) is 6.98. The number of nitrogens with one attached hydrogen (secondary N) is 2. The van der Waals surface area contributed by atoms with E-state index in [1.54, 1.807) is 19.1 Å². The molecule has 7 nitrogen and oxygen atoms in total. The Kier molecular flexibility index (Phi) is 9.06. The van der Waals surface area contributed by atoms with Gasteiger partial charge in [0.25, 0.3) is 0 Å². The molecular weight excluding hydrogens is 493 g/mol. The summed E-state index contributed by atoms with van der Waals surface area (Å²) in [5.74, 6) is 1.90. The van der Waals surface area contributed by atoms with Crippen molar-refractivity contribution in [3.05, 3.63) is 24.3 Å². The molecule has 0 spiro atoms. The molecule has 3 rings (SSSR count). The van der Waals surface area contributed by atoms with Crippen LogP contribution in [-0.4, -0.2) is 70.7 Å². The Morgan fingerprint density at radius 2 is 2.00 bits per heavy atom. The van der Waals surface area contributed by atoms with Crippen molar-refractivity contribution in [3.63, 3.8) is 0 Å². The van der Waals surface area contributed by atoms with Crippen molar-refractivity contribution in [2.24, 2.45) is 10.4 Å². The summed E-state index contributed by atoms with van der Waals surface area (Å²) in [6.07, 6.45) is 5.14. The third kappa shape index (κ3) is 5.50. The van der Waals surface area contributed by atoms with Gasteiger partial charge in [-0.3, -0.25) is 9.79 Å². The molecule has 1 aromatic carbocycles. The van der Waals surface area contributed by atoms with Gasteiger partial charge in [0, 0.05) is 46.8 Å². The maximum atomic E-state index is 12.8. The fourth-order valence-corrected chi connectivity index (χ4v) is 4.62. The highest BCUT2D eigenvalue weighted by Crippen LogP contribution is 2.39. The number of anilines is 1. The second-order valence-electron chi connectivity index (χ2n) is 8.36. The molecule has 168 valence electrons. The van der Waals surface area contributed by atoms with E-state index in [0.29, 0.717) is 12.6 Å². The van der Waals surface area contributed by atoms with Gasteiger partial charge in [-0.15, -0.1) is 24.0 Å². The van der Waals surface area contributed by atoms with Crippen LogP contribution in [0.3, 0.4) is 0 Å². The minimum atomic E-state index is -0.305. The second-order valence-corrected chi connectivity index (χ2v) is 8.36. The first-order valence-corrected chi connectivity index (χ1v) is 10.6. The van der Waals surface area contributed by atoms with Crippen molar-refractivity contribution >= 4 is 41.5 Å². The van der Waals surface area contributed by atoms with Gasteiger partial charge in [0.15, 0.2) is 5.96 Å². The molecule has 2 fully saturated rings. The van der Waals surface area contributed by atoms with E-state index in [0.717, 1.165) is 62.6 Å². The highest BCUT2D eigenvalue weighted by Gasteiger charge is 2.42. The Morgan fingerprint density at radius 1 is 1.30 bits per heavy atom. The number of ether oxygens (including phenoxy) is 1. The number of nitrogens with zero attached hydrogens (tertiary/aromatic N) is 3. The first-order chi connectivity index (χ1) is 14.0. The van der Waals surface area contributed by atoms with E-state index in [4.69, 9.17) is 4.74 Å². The van der Waals surface area contributed by atoms with Crippen molar-refractivity contribution in [2.45, 2.75) is 38.1 Å². The summed E-state index contributed by atoms with van der Waals surface area (Å²) >= 11 is 0. The van der Waals surface area contributed by atoms with Crippen LogP contribution in [0.1, 0.15) is 32.1 Å². The first-order valence-electron chi connectivity index (χ1n) is 10.6. The average molecular weight is 529 g/mol. The predicted molar refractivity (Wildman–Crippen MR) is 133 cm³/mol. The smallest absolute Gasteiger partial charge is 0.230 e. The minimum Gasteiger partial charge on any atom is -0.495 e. The molecular formula is C22H36IN5O2. The number of para-hydroxylation sites is 2. The van der Waals surface area contributed by atoms with Crippen LogP contribution in [0.2, 0.25) is 0 Å². The fraction of sp³-hybridized carbons (Fsp3) is 0.636. The molecule has 1 atom stereocenters.